The second kappa shape index (κ2) is 6.77. The molecule has 1 aromatic carbocycles. The van der Waals surface area contributed by atoms with Crippen molar-refractivity contribution in [3.8, 4) is 5.75 Å². The molecule has 1 atom stereocenters. The number of sulfonamides is 1. The number of hydrogen-bond donors (Lipinski definition) is 2. The van der Waals surface area contributed by atoms with Gasteiger partial charge in [-0.1, -0.05) is 25.8 Å². The third kappa shape index (κ3) is 4.18. The van der Waals surface area contributed by atoms with E-state index in [2.05, 4.69) is 4.72 Å². The van der Waals surface area contributed by atoms with Crippen LogP contribution in [0.2, 0.25) is 0 Å². The first-order chi connectivity index (χ1) is 10.00. The standard InChI is InChI=1S/C15H23NO4S/c1-3-13(8-11-4-5-11)16-21(18,19)15-9-12(10-17)6-7-14(15)20-2/h6-7,9,11,13,16-17H,3-5,8,10H2,1-2H3. The summed E-state index contributed by atoms with van der Waals surface area (Å²) >= 11 is 0. The Hall–Kier alpha value is -1.11. The summed E-state index contributed by atoms with van der Waals surface area (Å²) in [6, 6.07) is 4.64. The molecule has 0 saturated heterocycles. The van der Waals surface area contributed by atoms with E-state index in [1.54, 1.807) is 12.1 Å². The summed E-state index contributed by atoms with van der Waals surface area (Å²) in [5, 5.41) is 9.19. The zero-order chi connectivity index (χ0) is 15.5. The van der Waals surface area contributed by atoms with Crippen molar-refractivity contribution in [1.29, 1.82) is 0 Å². The molecule has 0 radical (unpaired) electrons. The van der Waals surface area contributed by atoms with E-state index in [0.717, 1.165) is 12.8 Å². The summed E-state index contributed by atoms with van der Waals surface area (Å²) in [4.78, 5) is 0.0887. The Morgan fingerprint density at radius 3 is 2.67 bits per heavy atom. The number of aliphatic hydroxyl groups is 1. The number of ether oxygens (including phenoxy) is 1. The molecule has 1 saturated carbocycles. The van der Waals surface area contributed by atoms with Crippen LogP contribution in [0.5, 0.6) is 5.75 Å². The quantitative estimate of drug-likeness (QED) is 0.770. The summed E-state index contributed by atoms with van der Waals surface area (Å²) in [5.41, 5.74) is 0.548. The Bertz CT molecular complexity index is 581. The van der Waals surface area contributed by atoms with Gasteiger partial charge in [-0.2, -0.15) is 0 Å². The first-order valence-corrected chi connectivity index (χ1v) is 8.78. The monoisotopic (exact) mass is 313 g/mol. The van der Waals surface area contributed by atoms with Crippen LogP contribution in [0.3, 0.4) is 0 Å². The number of aliphatic hydroxyl groups excluding tert-OH is 1. The van der Waals surface area contributed by atoms with Crippen molar-refractivity contribution in [3.63, 3.8) is 0 Å². The van der Waals surface area contributed by atoms with Crippen LogP contribution in [-0.4, -0.2) is 26.7 Å². The van der Waals surface area contributed by atoms with E-state index in [4.69, 9.17) is 4.74 Å². The maximum Gasteiger partial charge on any atom is 0.244 e. The molecule has 0 heterocycles. The van der Waals surface area contributed by atoms with Gasteiger partial charge in [0, 0.05) is 6.04 Å². The summed E-state index contributed by atoms with van der Waals surface area (Å²) in [7, 11) is -2.21. The van der Waals surface area contributed by atoms with Crippen LogP contribution in [0.1, 0.15) is 38.2 Å². The van der Waals surface area contributed by atoms with Gasteiger partial charge < -0.3 is 9.84 Å². The Morgan fingerprint density at radius 2 is 2.14 bits per heavy atom. The van der Waals surface area contributed by atoms with Gasteiger partial charge in [-0.25, -0.2) is 13.1 Å². The molecule has 0 amide bonds. The van der Waals surface area contributed by atoms with Crippen molar-refractivity contribution in [2.45, 2.75) is 50.2 Å². The van der Waals surface area contributed by atoms with Crippen LogP contribution >= 0.6 is 0 Å². The first-order valence-electron chi connectivity index (χ1n) is 7.30. The SMILES string of the molecule is CCC(CC1CC1)NS(=O)(=O)c1cc(CO)ccc1OC. The summed E-state index contributed by atoms with van der Waals surface area (Å²) in [6.45, 7) is 1.78. The number of nitrogens with one attached hydrogen (secondary N) is 1. The van der Waals surface area contributed by atoms with E-state index in [-0.39, 0.29) is 17.5 Å². The van der Waals surface area contributed by atoms with Crippen LogP contribution in [0, 0.1) is 5.92 Å². The van der Waals surface area contributed by atoms with E-state index < -0.39 is 10.0 Å². The smallest absolute Gasteiger partial charge is 0.244 e. The highest BCUT2D eigenvalue weighted by molar-refractivity contribution is 7.89. The van der Waals surface area contributed by atoms with Crippen molar-refractivity contribution in [2.24, 2.45) is 5.92 Å². The fourth-order valence-electron chi connectivity index (χ4n) is 2.37. The lowest BCUT2D eigenvalue weighted by Crippen LogP contribution is -2.35. The molecule has 1 aliphatic carbocycles. The first kappa shape index (κ1) is 16.3. The molecular weight excluding hydrogens is 290 g/mol. The van der Waals surface area contributed by atoms with Gasteiger partial charge in [-0.05, 0) is 36.5 Å². The van der Waals surface area contributed by atoms with E-state index in [1.165, 1.54) is 26.0 Å². The maximum absolute atomic E-state index is 12.6. The van der Waals surface area contributed by atoms with Crippen LogP contribution in [0.25, 0.3) is 0 Å². The molecular formula is C15H23NO4S. The lowest BCUT2D eigenvalue weighted by atomic mass is 10.1. The summed E-state index contributed by atoms with van der Waals surface area (Å²) in [6.07, 6.45) is 4.04. The molecule has 118 valence electrons. The molecule has 1 fully saturated rings. The second-order valence-corrected chi connectivity index (χ2v) is 7.23. The average Bonchev–Trinajstić information content (AvgIpc) is 3.29. The number of rotatable bonds is 8. The molecule has 1 aromatic rings. The molecule has 5 nitrogen and oxygen atoms in total. The van der Waals surface area contributed by atoms with Gasteiger partial charge in [0.1, 0.15) is 10.6 Å². The van der Waals surface area contributed by atoms with E-state index in [1.807, 2.05) is 6.92 Å². The minimum Gasteiger partial charge on any atom is -0.495 e. The Balaban J connectivity index is 2.24. The van der Waals surface area contributed by atoms with Gasteiger partial charge in [-0.3, -0.25) is 0 Å². The molecule has 0 spiro atoms. The van der Waals surface area contributed by atoms with Gasteiger partial charge in [0.05, 0.1) is 13.7 Å². The minimum atomic E-state index is -3.65. The lowest BCUT2D eigenvalue weighted by Gasteiger charge is -2.18. The molecule has 21 heavy (non-hydrogen) atoms. The third-order valence-corrected chi connectivity index (χ3v) is 5.37. The van der Waals surface area contributed by atoms with Crippen molar-refractivity contribution >= 4 is 10.0 Å². The topological polar surface area (TPSA) is 75.6 Å². The van der Waals surface area contributed by atoms with Gasteiger partial charge in [0.2, 0.25) is 10.0 Å². The third-order valence-electron chi connectivity index (χ3n) is 3.83. The van der Waals surface area contributed by atoms with E-state index in [9.17, 15) is 13.5 Å². The second-order valence-electron chi connectivity index (χ2n) is 5.55. The Morgan fingerprint density at radius 1 is 1.43 bits per heavy atom. The van der Waals surface area contributed by atoms with Gasteiger partial charge in [0.25, 0.3) is 0 Å². The highest BCUT2D eigenvalue weighted by Gasteiger charge is 2.28. The predicted molar refractivity (Wildman–Crippen MR) is 80.7 cm³/mol. The predicted octanol–water partition coefficient (Wildman–Crippen LogP) is 2.04. The van der Waals surface area contributed by atoms with Crippen LogP contribution in [0.15, 0.2) is 23.1 Å². The highest BCUT2D eigenvalue weighted by atomic mass is 32.2. The van der Waals surface area contributed by atoms with Crippen LogP contribution in [-0.2, 0) is 16.6 Å². The molecule has 6 heteroatoms. The highest BCUT2D eigenvalue weighted by Crippen LogP contribution is 2.34. The lowest BCUT2D eigenvalue weighted by molar-refractivity contribution is 0.281. The van der Waals surface area contributed by atoms with Gasteiger partial charge >= 0.3 is 0 Å². The zero-order valence-corrected chi connectivity index (χ0v) is 13.3. The van der Waals surface area contributed by atoms with Crippen molar-refractivity contribution in [1.82, 2.24) is 4.72 Å². The largest absolute Gasteiger partial charge is 0.495 e. The molecule has 1 unspecified atom stereocenters. The number of methoxy groups -OCH3 is 1. The Labute approximate surface area is 126 Å². The normalized spacial score (nSPS) is 16.7. The fraction of sp³-hybridized carbons (Fsp3) is 0.600. The zero-order valence-electron chi connectivity index (χ0n) is 12.5. The van der Waals surface area contributed by atoms with E-state index in [0.29, 0.717) is 17.2 Å². The van der Waals surface area contributed by atoms with Crippen LogP contribution < -0.4 is 9.46 Å². The van der Waals surface area contributed by atoms with Crippen molar-refractivity contribution in [2.75, 3.05) is 7.11 Å². The summed E-state index contributed by atoms with van der Waals surface area (Å²) < 4.78 is 33.1. The molecule has 2 N–H and O–H groups in total. The van der Waals surface area contributed by atoms with Gasteiger partial charge in [0.15, 0.2) is 0 Å². The maximum atomic E-state index is 12.6. The molecule has 0 bridgehead atoms. The van der Waals surface area contributed by atoms with Gasteiger partial charge in [-0.15, -0.1) is 0 Å². The Kier molecular flexibility index (Phi) is 5.24. The number of benzene rings is 1. The molecule has 2 rings (SSSR count). The van der Waals surface area contributed by atoms with Crippen LogP contribution in [0.4, 0.5) is 0 Å². The van der Waals surface area contributed by atoms with Crippen molar-refractivity contribution in [3.05, 3.63) is 23.8 Å². The minimum absolute atomic E-state index is 0.0509. The molecule has 0 aliphatic heterocycles. The van der Waals surface area contributed by atoms with Crippen molar-refractivity contribution < 1.29 is 18.3 Å². The number of hydrogen-bond acceptors (Lipinski definition) is 4. The summed E-state index contributed by atoms with van der Waals surface area (Å²) in [5.74, 6) is 0.948. The van der Waals surface area contributed by atoms with E-state index >= 15 is 0 Å². The molecule has 1 aliphatic rings. The average molecular weight is 313 g/mol. The fourth-order valence-corrected chi connectivity index (χ4v) is 3.92. The molecule has 0 aromatic heterocycles.